The van der Waals surface area contributed by atoms with E-state index in [1.54, 1.807) is 6.92 Å². The monoisotopic (exact) mass is 317 g/mol. The minimum atomic E-state index is -4.17. The molecule has 126 valence electrons. The Hall–Kier alpha value is -0.890. The molecule has 0 heterocycles. The van der Waals surface area contributed by atoms with Crippen molar-refractivity contribution in [2.75, 3.05) is 19.8 Å². The van der Waals surface area contributed by atoms with Crippen LogP contribution in [0.2, 0.25) is 0 Å². The lowest BCUT2D eigenvalue weighted by Gasteiger charge is -2.29. The molecule has 8 heteroatoms. The van der Waals surface area contributed by atoms with E-state index in [1.165, 1.54) is 0 Å². The summed E-state index contributed by atoms with van der Waals surface area (Å²) in [6.45, 7) is 2.57. The van der Waals surface area contributed by atoms with Gasteiger partial charge in [-0.3, -0.25) is 4.79 Å². The van der Waals surface area contributed by atoms with Crippen molar-refractivity contribution < 1.29 is 32.2 Å². The van der Waals surface area contributed by atoms with Crippen molar-refractivity contribution in [2.24, 2.45) is 0 Å². The third-order valence-electron chi connectivity index (χ3n) is 3.23. The summed E-state index contributed by atoms with van der Waals surface area (Å²) in [6, 6.07) is 0. The van der Waals surface area contributed by atoms with Gasteiger partial charge in [0.1, 0.15) is 12.1 Å². The number of alkyl halides is 4. The van der Waals surface area contributed by atoms with Crippen molar-refractivity contribution in [3.8, 4) is 0 Å². The second-order valence-corrected chi connectivity index (χ2v) is 4.89. The zero-order valence-electron chi connectivity index (χ0n) is 12.3. The van der Waals surface area contributed by atoms with Gasteiger partial charge < -0.3 is 15.2 Å². The van der Waals surface area contributed by atoms with Crippen molar-refractivity contribution in [1.29, 1.82) is 0 Å². The summed E-state index contributed by atoms with van der Waals surface area (Å²) in [7, 11) is 0. The van der Waals surface area contributed by atoms with E-state index in [4.69, 9.17) is 0 Å². The predicted molar refractivity (Wildman–Crippen MR) is 70.0 cm³/mol. The van der Waals surface area contributed by atoms with Crippen molar-refractivity contribution in [1.82, 2.24) is 5.32 Å². The molecule has 0 amide bonds. The van der Waals surface area contributed by atoms with Crippen LogP contribution in [0.1, 0.15) is 39.5 Å². The molecule has 0 spiro atoms. The first kappa shape index (κ1) is 20.1. The highest BCUT2D eigenvalue weighted by Gasteiger charge is 2.41. The van der Waals surface area contributed by atoms with E-state index >= 15 is 0 Å². The molecule has 0 aromatic heterocycles. The Morgan fingerprint density at radius 1 is 1.33 bits per heavy atom. The summed E-state index contributed by atoms with van der Waals surface area (Å²) in [5, 5.41) is 12.2. The summed E-state index contributed by atoms with van der Waals surface area (Å²) >= 11 is 0. The third-order valence-corrected chi connectivity index (χ3v) is 3.23. The van der Waals surface area contributed by atoms with Crippen LogP contribution < -0.4 is 5.32 Å². The molecule has 21 heavy (non-hydrogen) atoms. The zero-order valence-corrected chi connectivity index (χ0v) is 12.3. The zero-order chi connectivity index (χ0) is 16.5. The molecule has 0 aromatic rings. The van der Waals surface area contributed by atoms with E-state index in [-0.39, 0.29) is 19.4 Å². The van der Waals surface area contributed by atoms with Crippen LogP contribution in [-0.2, 0) is 9.53 Å². The number of carbonyl (C=O) groups is 1. The highest BCUT2D eigenvalue weighted by molar-refractivity contribution is 5.78. The molecule has 0 aromatic carbocycles. The fraction of sp³-hybridized carbons (Fsp3) is 0.923. The van der Waals surface area contributed by atoms with E-state index < -0.39 is 30.5 Å². The quantitative estimate of drug-likeness (QED) is 0.429. The average Bonchev–Trinajstić information content (AvgIpc) is 2.41. The Bertz CT molecular complexity index is 316. The Kier molecular flexibility index (Phi) is 8.80. The van der Waals surface area contributed by atoms with E-state index in [2.05, 4.69) is 10.1 Å². The van der Waals surface area contributed by atoms with Gasteiger partial charge in [-0.1, -0.05) is 13.8 Å². The summed E-state index contributed by atoms with van der Waals surface area (Å²) in [5.41, 5.74) is -1.13. The van der Waals surface area contributed by atoms with Gasteiger partial charge in [0, 0.05) is 6.61 Å². The van der Waals surface area contributed by atoms with Crippen molar-refractivity contribution in [3.05, 3.63) is 0 Å². The molecule has 1 atom stereocenters. The van der Waals surface area contributed by atoms with Gasteiger partial charge in [0.2, 0.25) is 0 Å². The Balaban J connectivity index is 4.24. The average molecular weight is 317 g/mol. The number of aliphatic carboxylic acids is 1. The normalized spacial score (nSPS) is 15.2. The summed E-state index contributed by atoms with van der Waals surface area (Å²) < 4.78 is 53.5. The number of carboxylic acids is 1. The molecule has 2 N–H and O–H groups in total. The van der Waals surface area contributed by atoms with Gasteiger partial charge in [-0.2, -0.15) is 8.78 Å². The molecule has 0 rings (SSSR count). The van der Waals surface area contributed by atoms with E-state index in [0.29, 0.717) is 13.0 Å². The highest BCUT2D eigenvalue weighted by atomic mass is 19.3. The third kappa shape index (κ3) is 6.60. The molecule has 4 nitrogen and oxygen atoms in total. The van der Waals surface area contributed by atoms with Crippen LogP contribution in [0, 0.1) is 0 Å². The SMILES string of the molecule is CCCNC(CC)(CCCOCC(F)(F)C(F)F)C(=O)O. The minimum Gasteiger partial charge on any atom is -0.480 e. The molecule has 0 bridgehead atoms. The standard InChI is InChI=1S/C13H23F4NO3/c1-3-7-18-12(4-2,11(19)20)6-5-8-21-9-13(16,17)10(14)15/h10,18H,3-9H2,1-2H3,(H,19,20). The van der Waals surface area contributed by atoms with Crippen LogP contribution in [0.5, 0.6) is 0 Å². The van der Waals surface area contributed by atoms with Gasteiger partial charge in [-0.25, -0.2) is 8.78 Å². The maximum absolute atomic E-state index is 12.6. The molecule has 0 fully saturated rings. The van der Waals surface area contributed by atoms with Crippen LogP contribution in [0.15, 0.2) is 0 Å². The lowest BCUT2D eigenvalue weighted by molar-refractivity contribution is -0.166. The number of ether oxygens (including phenoxy) is 1. The first-order valence-electron chi connectivity index (χ1n) is 6.94. The number of rotatable bonds is 12. The lowest BCUT2D eigenvalue weighted by Crippen LogP contribution is -2.52. The predicted octanol–water partition coefficient (Wildman–Crippen LogP) is 2.92. The maximum atomic E-state index is 12.6. The summed E-state index contributed by atoms with van der Waals surface area (Å²) in [4.78, 5) is 11.3. The van der Waals surface area contributed by atoms with Gasteiger partial charge >= 0.3 is 18.3 Å². The lowest BCUT2D eigenvalue weighted by atomic mass is 9.90. The van der Waals surface area contributed by atoms with Gasteiger partial charge in [0.05, 0.1) is 0 Å². The molecular weight excluding hydrogens is 294 g/mol. The topological polar surface area (TPSA) is 58.6 Å². The van der Waals surface area contributed by atoms with Crippen LogP contribution in [0.3, 0.4) is 0 Å². The van der Waals surface area contributed by atoms with Crippen molar-refractivity contribution in [2.45, 2.75) is 57.4 Å². The number of halogens is 4. The van der Waals surface area contributed by atoms with Gasteiger partial charge in [0.25, 0.3) is 0 Å². The smallest absolute Gasteiger partial charge is 0.330 e. The first-order chi connectivity index (χ1) is 9.72. The summed E-state index contributed by atoms with van der Waals surface area (Å²) in [5.74, 6) is -5.19. The Morgan fingerprint density at radius 3 is 2.38 bits per heavy atom. The fourth-order valence-corrected chi connectivity index (χ4v) is 1.84. The van der Waals surface area contributed by atoms with E-state index in [9.17, 15) is 27.5 Å². The molecule has 0 aliphatic rings. The number of hydrogen-bond acceptors (Lipinski definition) is 3. The number of hydrogen-bond donors (Lipinski definition) is 2. The Morgan fingerprint density at radius 2 is 1.95 bits per heavy atom. The van der Waals surface area contributed by atoms with Crippen LogP contribution in [0.4, 0.5) is 17.6 Å². The van der Waals surface area contributed by atoms with Gasteiger partial charge in [-0.15, -0.1) is 0 Å². The number of nitrogens with one attached hydrogen (secondary N) is 1. The second kappa shape index (κ2) is 9.19. The summed E-state index contributed by atoms with van der Waals surface area (Å²) in [6.07, 6.45) is -2.31. The highest BCUT2D eigenvalue weighted by Crippen LogP contribution is 2.23. The van der Waals surface area contributed by atoms with Crippen LogP contribution in [0.25, 0.3) is 0 Å². The number of carboxylic acid groups (broad SMARTS) is 1. The van der Waals surface area contributed by atoms with Crippen LogP contribution in [-0.4, -0.2) is 48.7 Å². The van der Waals surface area contributed by atoms with E-state index in [1.807, 2.05) is 6.92 Å². The molecule has 0 radical (unpaired) electrons. The first-order valence-corrected chi connectivity index (χ1v) is 6.94. The van der Waals surface area contributed by atoms with Crippen LogP contribution >= 0.6 is 0 Å². The molecular formula is C13H23F4NO3. The molecule has 1 unspecified atom stereocenters. The largest absolute Gasteiger partial charge is 0.480 e. The maximum Gasteiger partial charge on any atom is 0.330 e. The van der Waals surface area contributed by atoms with Gasteiger partial charge in [-0.05, 0) is 32.2 Å². The molecule has 0 aliphatic heterocycles. The van der Waals surface area contributed by atoms with E-state index in [0.717, 1.165) is 6.42 Å². The molecule has 0 saturated heterocycles. The van der Waals surface area contributed by atoms with Crippen molar-refractivity contribution in [3.63, 3.8) is 0 Å². The Labute approximate surface area is 121 Å². The van der Waals surface area contributed by atoms with Crippen molar-refractivity contribution >= 4 is 5.97 Å². The molecule has 0 saturated carbocycles. The second-order valence-electron chi connectivity index (χ2n) is 4.89. The fourth-order valence-electron chi connectivity index (χ4n) is 1.84. The van der Waals surface area contributed by atoms with Gasteiger partial charge in [0.15, 0.2) is 0 Å². The molecule has 0 aliphatic carbocycles. The minimum absolute atomic E-state index is 0.180.